The summed E-state index contributed by atoms with van der Waals surface area (Å²) in [6.45, 7) is 4.28. The largest absolute Gasteiger partial charge is 0.496 e. The van der Waals surface area contributed by atoms with Crippen molar-refractivity contribution in [2.45, 2.75) is 32.2 Å². The van der Waals surface area contributed by atoms with Gasteiger partial charge in [-0.1, -0.05) is 6.07 Å². The van der Waals surface area contributed by atoms with Crippen LogP contribution in [-0.4, -0.2) is 20.2 Å². The highest BCUT2D eigenvalue weighted by Gasteiger charge is 2.19. The number of methoxy groups -OCH3 is 1. The third-order valence-corrected chi connectivity index (χ3v) is 3.42. The van der Waals surface area contributed by atoms with Gasteiger partial charge in [0.2, 0.25) is 0 Å². The Labute approximate surface area is 104 Å². The SMILES string of the molecule is COc1cccc(N2CCCCC2)c1C(C)N. The molecule has 1 fully saturated rings. The van der Waals surface area contributed by atoms with E-state index in [-0.39, 0.29) is 6.04 Å². The lowest BCUT2D eigenvalue weighted by Gasteiger charge is -2.32. The molecular weight excluding hydrogens is 212 g/mol. The number of hydrogen-bond donors (Lipinski definition) is 1. The molecule has 0 amide bonds. The lowest BCUT2D eigenvalue weighted by atomic mass is 10.0. The summed E-state index contributed by atoms with van der Waals surface area (Å²) in [4.78, 5) is 2.44. The minimum atomic E-state index is 0.00285. The molecule has 0 aromatic heterocycles. The van der Waals surface area contributed by atoms with Crippen LogP contribution in [0.2, 0.25) is 0 Å². The number of anilines is 1. The second-order valence-corrected chi connectivity index (χ2v) is 4.73. The highest BCUT2D eigenvalue weighted by molar-refractivity contribution is 5.60. The van der Waals surface area contributed by atoms with E-state index in [4.69, 9.17) is 10.5 Å². The maximum absolute atomic E-state index is 6.09. The second-order valence-electron chi connectivity index (χ2n) is 4.73. The molecule has 94 valence electrons. The molecule has 1 heterocycles. The van der Waals surface area contributed by atoms with Crippen LogP contribution < -0.4 is 15.4 Å². The van der Waals surface area contributed by atoms with Crippen molar-refractivity contribution in [1.82, 2.24) is 0 Å². The van der Waals surface area contributed by atoms with Gasteiger partial charge in [0, 0.05) is 30.4 Å². The molecule has 2 N–H and O–H groups in total. The number of piperidine rings is 1. The van der Waals surface area contributed by atoms with E-state index < -0.39 is 0 Å². The third-order valence-electron chi connectivity index (χ3n) is 3.42. The van der Waals surface area contributed by atoms with Gasteiger partial charge in [-0.2, -0.15) is 0 Å². The van der Waals surface area contributed by atoms with E-state index in [1.165, 1.54) is 24.9 Å². The van der Waals surface area contributed by atoms with Gasteiger partial charge < -0.3 is 15.4 Å². The lowest BCUT2D eigenvalue weighted by molar-refractivity contribution is 0.406. The molecule has 3 nitrogen and oxygen atoms in total. The first-order valence-corrected chi connectivity index (χ1v) is 6.41. The first-order chi connectivity index (χ1) is 8.24. The minimum Gasteiger partial charge on any atom is -0.496 e. The van der Waals surface area contributed by atoms with E-state index in [1.54, 1.807) is 7.11 Å². The fourth-order valence-corrected chi connectivity index (χ4v) is 2.58. The molecule has 1 atom stereocenters. The molecule has 1 saturated heterocycles. The maximum Gasteiger partial charge on any atom is 0.125 e. The van der Waals surface area contributed by atoms with Crippen LogP contribution in [-0.2, 0) is 0 Å². The predicted molar refractivity (Wildman–Crippen MR) is 71.7 cm³/mol. The van der Waals surface area contributed by atoms with Crippen molar-refractivity contribution in [2.24, 2.45) is 5.73 Å². The Balaban J connectivity index is 2.37. The zero-order valence-corrected chi connectivity index (χ0v) is 10.8. The Morgan fingerprint density at radius 1 is 1.24 bits per heavy atom. The molecule has 0 spiro atoms. The zero-order chi connectivity index (χ0) is 12.3. The van der Waals surface area contributed by atoms with Crippen molar-refractivity contribution in [3.8, 4) is 5.75 Å². The van der Waals surface area contributed by atoms with Crippen molar-refractivity contribution < 1.29 is 4.74 Å². The van der Waals surface area contributed by atoms with Gasteiger partial charge in [0.1, 0.15) is 5.75 Å². The standard InChI is InChI=1S/C14H22N2O/c1-11(15)14-12(7-6-8-13(14)17-2)16-9-4-3-5-10-16/h6-8,11H,3-5,9-10,15H2,1-2H3. The van der Waals surface area contributed by atoms with Gasteiger partial charge in [-0.05, 0) is 38.3 Å². The molecule has 1 aromatic carbocycles. The van der Waals surface area contributed by atoms with Crippen LogP contribution >= 0.6 is 0 Å². The maximum atomic E-state index is 6.09. The summed E-state index contributed by atoms with van der Waals surface area (Å²) in [5.74, 6) is 0.906. The second kappa shape index (κ2) is 5.41. The van der Waals surface area contributed by atoms with Crippen LogP contribution in [0.15, 0.2) is 18.2 Å². The van der Waals surface area contributed by atoms with Gasteiger partial charge in [-0.15, -0.1) is 0 Å². The van der Waals surface area contributed by atoms with Gasteiger partial charge in [0.25, 0.3) is 0 Å². The minimum absolute atomic E-state index is 0.00285. The van der Waals surface area contributed by atoms with Gasteiger partial charge in [0.15, 0.2) is 0 Å². The van der Waals surface area contributed by atoms with Crippen LogP contribution in [0.25, 0.3) is 0 Å². The summed E-state index contributed by atoms with van der Waals surface area (Å²) < 4.78 is 5.43. The van der Waals surface area contributed by atoms with E-state index in [1.807, 2.05) is 13.0 Å². The van der Waals surface area contributed by atoms with Crippen LogP contribution in [0.4, 0.5) is 5.69 Å². The zero-order valence-electron chi connectivity index (χ0n) is 10.8. The summed E-state index contributed by atoms with van der Waals surface area (Å²) in [6.07, 6.45) is 3.89. The van der Waals surface area contributed by atoms with Gasteiger partial charge in [0.05, 0.1) is 7.11 Å². The van der Waals surface area contributed by atoms with Crippen LogP contribution in [0.3, 0.4) is 0 Å². The first-order valence-electron chi connectivity index (χ1n) is 6.41. The number of ether oxygens (including phenoxy) is 1. The molecule has 0 saturated carbocycles. The van der Waals surface area contributed by atoms with Gasteiger partial charge in [-0.3, -0.25) is 0 Å². The summed E-state index contributed by atoms with van der Waals surface area (Å²) >= 11 is 0. The number of rotatable bonds is 3. The smallest absolute Gasteiger partial charge is 0.125 e. The monoisotopic (exact) mass is 234 g/mol. The Hall–Kier alpha value is -1.22. The summed E-state index contributed by atoms with van der Waals surface area (Å²) in [5, 5.41) is 0. The lowest BCUT2D eigenvalue weighted by Crippen LogP contribution is -2.31. The molecule has 1 aliphatic rings. The molecule has 0 radical (unpaired) electrons. The highest BCUT2D eigenvalue weighted by Crippen LogP contribution is 2.34. The molecule has 1 aliphatic heterocycles. The number of nitrogens with zero attached hydrogens (tertiary/aromatic N) is 1. The molecule has 1 aromatic rings. The summed E-state index contributed by atoms with van der Waals surface area (Å²) in [5.41, 5.74) is 8.48. The van der Waals surface area contributed by atoms with E-state index in [0.29, 0.717) is 0 Å². The summed E-state index contributed by atoms with van der Waals surface area (Å²) in [6, 6.07) is 6.20. The molecular formula is C14H22N2O. The molecule has 0 bridgehead atoms. The predicted octanol–water partition coefficient (Wildman–Crippen LogP) is 2.71. The number of nitrogens with two attached hydrogens (primary N) is 1. The average molecular weight is 234 g/mol. The van der Waals surface area contributed by atoms with Crippen molar-refractivity contribution in [1.29, 1.82) is 0 Å². The Morgan fingerprint density at radius 3 is 2.53 bits per heavy atom. The van der Waals surface area contributed by atoms with Gasteiger partial charge in [-0.25, -0.2) is 0 Å². The van der Waals surface area contributed by atoms with E-state index >= 15 is 0 Å². The quantitative estimate of drug-likeness (QED) is 0.874. The van der Waals surface area contributed by atoms with Gasteiger partial charge >= 0.3 is 0 Å². The Morgan fingerprint density at radius 2 is 1.94 bits per heavy atom. The average Bonchev–Trinajstić information content (AvgIpc) is 2.38. The summed E-state index contributed by atoms with van der Waals surface area (Å²) in [7, 11) is 1.71. The fourth-order valence-electron chi connectivity index (χ4n) is 2.58. The number of hydrogen-bond acceptors (Lipinski definition) is 3. The van der Waals surface area contributed by atoms with Crippen LogP contribution in [0, 0.1) is 0 Å². The van der Waals surface area contributed by atoms with E-state index in [2.05, 4.69) is 17.0 Å². The van der Waals surface area contributed by atoms with E-state index in [0.717, 1.165) is 24.4 Å². The molecule has 2 rings (SSSR count). The van der Waals surface area contributed by atoms with Crippen molar-refractivity contribution >= 4 is 5.69 Å². The first kappa shape index (κ1) is 12.2. The number of benzene rings is 1. The molecule has 1 unspecified atom stereocenters. The molecule has 0 aliphatic carbocycles. The van der Waals surface area contributed by atoms with Crippen molar-refractivity contribution in [2.75, 3.05) is 25.1 Å². The normalized spacial score (nSPS) is 17.9. The van der Waals surface area contributed by atoms with Crippen molar-refractivity contribution in [3.63, 3.8) is 0 Å². The van der Waals surface area contributed by atoms with Crippen molar-refractivity contribution in [3.05, 3.63) is 23.8 Å². The van der Waals surface area contributed by atoms with Crippen LogP contribution in [0.5, 0.6) is 5.75 Å². The Kier molecular flexibility index (Phi) is 3.89. The molecule has 17 heavy (non-hydrogen) atoms. The van der Waals surface area contributed by atoms with Crippen LogP contribution in [0.1, 0.15) is 37.8 Å². The topological polar surface area (TPSA) is 38.5 Å². The Bertz CT molecular complexity index is 370. The molecule has 3 heteroatoms. The third kappa shape index (κ3) is 2.55. The highest BCUT2D eigenvalue weighted by atomic mass is 16.5. The van der Waals surface area contributed by atoms with E-state index in [9.17, 15) is 0 Å². The fraction of sp³-hybridized carbons (Fsp3) is 0.571.